The number of amides is 1. The highest BCUT2D eigenvalue weighted by molar-refractivity contribution is 5.81. The molecule has 0 radical (unpaired) electrons. The van der Waals surface area contributed by atoms with E-state index in [1.807, 2.05) is 0 Å². The molecule has 28 heavy (non-hydrogen) atoms. The second kappa shape index (κ2) is 18.0. The molecule has 0 aliphatic carbocycles. The minimum absolute atomic E-state index is 0.123. The van der Waals surface area contributed by atoms with Gasteiger partial charge in [0.05, 0.1) is 13.0 Å². The summed E-state index contributed by atoms with van der Waals surface area (Å²) in [7, 11) is 0. The molecule has 0 bridgehead atoms. The molecule has 0 spiro atoms. The van der Waals surface area contributed by atoms with Crippen LogP contribution in [0.5, 0.6) is 0 Å². The first-order valence-corrected chi connectivity index (χ1v) is 11.9. The van der Waals surface area contributed by atoms with Gasteiger partial charge < -0.3 is 9.64 Å². The average molecular weight is 398 g/mol. The van der Waals surface area contributed by atoms with Crippen LogP contribution in [-0.2, 0) is 14.3 Å². The zero-order valence-corrected chi connectivity index (χ0v) is 19.4. The summed E-state index contributed by atoms with van der Waals surface area (Å²) in [6.07, 6.45) is 11.8. The van der Waals surface area contributed by atoms with Crippen LogP contribution >= 0.6 is 0 Å². The Morgan fingerprint density at radius 3 is 1.68 bits per heavy atom. The lowest BCUT2D eigenvalue weighted by Crippen LogP contribution is -2.39. The van der Waals surface area contributed by atoms with E-state index < -0.39 is 0 Å². The summed E-state index contributed by atoms with van der Waals surface area (Å²) in [5.41, 5.74) is 0. The zero-order valence-electron chi connectivity index (χ0n) is 19.4. The maximum atomic E-state index is 12.9. The van der Waals surface area contributed by atoms with Gasteiger partial charge in [-0.05, 0) is 31.1 Å². The van der Waals surface area contributed by atoms with Gasteiger partial charge in [-0.25, -0.2) is 0 Å². The second-order valence-electron chi connectivity index (χ2n) is 8.21. The van der Waals surface area contributed by atoms with E-state index in [-0.39, 0.29) is 24.7 Å². The molecule has 166 valence electrons. The van der Waals surface area contributed by atoms with Crippen molar-refractivity contribution >= 4 is 11.9 Å². The van der Waals surface area contributed by atoms with Gasteiger partial charge in [0, 0.05) is 19.5 Å². The maximum Gasteiger partial charge on any atom is 0.306 e. The molecule has 0 rings (SSSR count). The SMILES string of the molecule is CCCCOC(=O)CCC(=O)N(CC(CC)CCCC)CC(CC)CCCC. The molecule has 0 fully saturated rings. The van der Waals surface area contributed by atoms with E-state index >= 15 is 0 Å². The van der Waals surface area contributed by atoms with Gasteiger partial charge in [-0.2, -0.15) is 0 Å². The fraction of sp³-hybridized carbons (Fsp3) is 0.917. The van der Waals surface area contributed by atoms with Gasteiger partial charge in [0.2, 0.25) is 5.91 Å². The molecule has 0 saturated carbocycles. The molecule has 0 aromatic heterocycles. The van der Waals surface area contributed by atoms with E-state index in [2.05, 4.69) is 39.5 Å². The highest BCUT2D eigenvalue weighted by Gasteiger charge is 2.22. The number of carbonyl (C=O) groups excluding carboxylic acids is 2. The molecule has 4 heteroatoms. The Bertz CT molecular complexity index is 379. The third kappa shape index (κ3) is 13.2. The third-order valence-corrected chi connectivity index (χ3v) is 5.70. The Morgan fingerprint density at radius 1 is 0.750 bits per heavy atom. The van der Waals surface area contributed by atoms with Crippen molar-refractivity contribution in [3.63, 3.8) is 0 Å². The van der Waals surface area contributed by atoms with E-state index in [9.17, 15) is 9.59 Å². The van der Waals surface area contributed by atoms with Crippen molar-refractivity contribution in [2.75, 3.05) is 19.7 Å². The Labute approximate surface area is 174 Å². The first-order valence-electron chi connectivity index (χ1n) is 11.9. The number of nitrogens with zero attached hydrogens (tertiary/aromatic N) is 1. The van der Waals surface area contributed by atoms with Gasteiger partial charge in [0.15, 0.2) is 0 Å². The van der Waals surface area contributed by atoms with E-state index in [1.54, 1.807) is 0 Å². The molecule has 0 aliphatic heterocycles. The molecule has 1 amide bonds. The summed E-state index contributed by atoms with van der Waals surface area (Å²) in [4.78, 5) is 26.9. The molecule has 0 aromatic carbocycles. The zero-order chi connectivity index (χ0) is 21.2. The van der Waals surface area contributed by atoms with Gasteiger partial charge >= 0.3 is 5.97 Å². The van der Waals surface area contributed by atoms with Crippen LogP contribution in [-0.4, -0.2) is 36.5 Å². The second-order valence-corrected chi connectivity index (χ2v) is 8.21. The van der Waals surface area contributed by atoms with E-state index in [1.165, 1.54) is 38.5 Å². The molecule has 0 saturated heterocycles. The number of hydrogen-bond donors (Lipinski definition) is 0. The van der Waals surface area contributed by atoms with Crippen LogP contribution in [0.25, 0.3) is 0 Å². The highest BCUT2D eigenvalue weighted by atomic mass is 16.5. The largest absolute Gasteiger partial charge is 0.466 e. The van der Waals surface area contributed by atoms with Crippen LogP contribution < -0.4 is 0 Å². The standard InChI is InChI=1S/C24H47NO3/c1-6-11-14-21(9-4)19-25(20-22(10-5)15-12-7-2)23(26)16-17-24(27)28-18-13-8-3/h21-22H,6-20H2,1-5H3. The maximum absolute atomic E-state index is 12.9. The molecule has 2 atom stereocenters. The quantitative estimate of drug-likeness (QED) is 0.199. The van der Waals surface area contributed by atoms with E-state index in [4.69, 9.17) is 4.74 Å². The van der Waals surface area contributed by atoms with Crippen molar-refractivity contribution in [1.82, 2.24) is 4.90 Å². The molecule has 0 heterocycles. The Hall–Kier alpha value is -1.06. The molecule has 4 nitrogen and oxygen atoms in total. The van der Waals surface area contributed by atoms with Crippen LogP contribution in [0, 0.1) is 11.8 Å². The van der Waals surface area contributed by atoms with Gasteiger partial charge in [-0.15, -0.1) is 0 Å². The third-order valence-electron chi connectivity index (χ3n) is 5.70. The summed E-state index contributed by atoms with van der Waals surface area (Å²) >= 11 is 0. The predicted molar refractivity (Wildman–Crippen MR) is 118 cm³/mol. The normalized spacial score (nSPS) is 13.2. The van der Waals surface area contributed by atoms with Gasteiger partial charge in [0.25, 0.3) is 0 Å². The lowest BCUT2D eigenvalue weighted by Gasteiger charge is -2.31. The smallest absolute Gasteiger partial charge is 0.306 e. The monoisotopic (exact) mass is 397 g/mol. The number of rotatable bonds is 18. The van der Waals surface area contributed by atoms with Gasteiger partial charge in [0.1, 0.15) is 0 Å². The Balaban J connectivity index is 4.82. The molecular weight excluding hydrogens is 350 g/mol. The topological polar surface area (TPSA) is 46.6 Å². The summed E-state index contributed by atoms with van der Waals surface area (Å²) < 4.78 is 5.21. The summed E-state index contributed by atoms with van der Waals surface area (Å²) in [5.74, 6) is 1.00. The lowest BCUT2D eigenvalue weighted by molar-refractivity contribution is -0.146. The Kier molecular flexibility index (Phi) is 17.3. The van der Waals surface area contributed by atoms with Crippen molar-refractivity contribution in [1.29, 1.82) is 0 Å². The average Bonchev–Trinajstić information content (AvgIpc) is 2.71. The first-order chi connectivity index (χ1) is 13.5. The van der Waals surface area contributed by atoms with Gasteiger partial charge in [-0.1, -0.05) is 79.6 Å². The number of hydrogen-bond acceptors (Lipinski definition) is 3. The fourth-order valence-electron chi connectivity index (χ4n) is 3.51. The van der Waals surface area contributed by atoms with E-state index in [0.717, 1.165) is 38.8 Å². The molecule has 0 N–H and O–H groups in total. The summed E-state index contributed by atoms with van der Waals surface area (Å²) in [5, 5.41) is 0. The summed E-state index contributed by atoms with van der Waals surface area (Å²) in [6, 6.07) is 0. The molecule has 2 unspecified atom stereocenters. The highest BCUT2D eigenvalue weighted by Crippen LogP contribution is 2.20. The summed E-state index contributed by atoms with van der Waals surface area (Å²) in [6.45, 7) is 13.1. The molecular formula is C24H47NO3. The van der Waals surface area contributed by atoms with Crippen LogP contribution in [0.4, 0.5) is 0 Å². The fourth-order valence-corrected chi connectivity index (χ4v) is 3.51. The van der Waals surface area contributed by atoms with E-state index in [0.29, 0.717) is 18.4 Å². The molecule has 0 aromatic rings. The number of esters is 1. The minimum Gasteiger partial charge on any atom is -0.466 e. The first kappa shape index (κ1) is 26.9. The van der Waals surface area contributed by atoms with Crippen molar-refractivity contribution in [2.45, 2.75) is 112 Å². The minimum atomic E-state index is -0.238. The van der Waals surface area contributed by atoms with Crippen molar-refractivity contribution in [3.05, 3.63) is 0 Å². The number of ether oxygens (including phenoxy) is 1. The number of carbonyl (C=O) groups is 2. The molecule has 0 aliphatic rings. The predicted octanol–water partition coefficient (Wildman–Crippen LogP) is 6.37. The number of unbranched alkanes of at least 4 members (excludes halogenated alkanes) is 3. The van der Waals surface area contributed by atoms with Crippen LogP contribution in [0.15, 0.2) is 0 Å². The Morgan fingerprint density at radius 2 is 1.25 bits per heavy atom. The van der Waals surface area contributed by atoms with Crippen LogP contribution in [0.1, 0.15) is 112 Å². The van der Waals surface area contributed by atoms with Crippen molar-refractivity contribution in [2.24, 2.45) is 11.8 Å². The van der Waals surface area contributed by atoms with Crippen LogP contribution in [0.3, 0.4) is 0 Å². The van der Waals surface area contributed by atoms with Crippen molar-refractivity contribution in [3.8, 4) is 0 Å². The van der Waals surface area contributed by atoms with Crippen LogP contribution in [0.2, 0.25) is 0 Å². The van der Waals surface area contributed by atoms with Gasteiger partial charge in [-0.3, -0.25) is 9.59 Å². The lowest BCUT2D eigenvalue weighted by atomic mass is 9.95. The van der Waals surface area contributed by atoms with Crippen molar-refractivity contribution < 1.29 is 14.3 Å².